The maximum atomic E-state index is 11.4. The number of hydrogen-bond acceptors (Lipinski definition) is 5. The fraction of sp³-hybridized carbons (Fsp3) is 0.615. The SMILES string of the molecule is CC(=O)c1nc(CCNC(=O)OC(C)(C)C)sc1C. The van der Waals surface area contributed by atoms with Gasteiger partial charge in [0.05, 0.1) is 5.01 Å². The maximum absolute atomic E-state index is 11.4. The largest absolute Gasteiger partial charge is 0.444 e. The molecule has 0 aliphatic rings. The number of hydrogen-bond donors (Lipinski definition) is 1. The zero-order valence-corrected chi connectivity index (χ0v) is 12.8. The zero-order valence-electron chi connectivity index (χ0n) is 12.0. The highest BCUT2D eigenvalue weighted by Crippen LogP contribution is 2.18. The third-order valence-corrected chi connectivity index (χ3v) is 3.21. The summed E-state index contributed by atoms with van der Waals surface area (Å²) in [6.45, 7) is 9.27. The molecular weight excluding hydrogens is 264 g/mol. The number of thiazole rings is 1. The van der Waals surface area contributed by atoms with E-state index < -0.39 is 11.7 Å². The average Bonchev–Trinajstić information content (AvgIpc) is 2.57. The first-order valence-electron chi connectivity index (χ1n) is 6.13. The van der Waals surface area contributed by atoms with E-state index in [0.717, 1.165) is 9.88 Å². The van der Waals surface area contributed by atoms with E-state index in [9.17, 15) is 9.59 Å². The van der Waals surface area contributed by atoms with Gasteiger partial charge in [0.15, 0.2) is 5.78 Å². The Bertz CT molecular complexity index is 475. The Labute approximate surface area is 117 Å². The van der Waals surface area contributed by atoms with Crippen LogP contribution in [-0.4, -0.2) is 29.0 Å². The van der Waals surface area contributed by atoms with E-state index in [1.54, 1.807) is 0 Å². The van der Waals surface area contributed by atoms with Crippen LogP contribution in [0.4, 0.5) is 4.79 Å². The van der Waals surface area contributed by atoms with Crippen molar-refractivity contribution in [3.8, 4) is 0 Å². The Balaban J connectivity index is 2.44. The second-order valence-corrected chi connectivity index (χ2v) is 6.53. The summed E-state index contributed by atoms with van der Waals surface area (Å²) in [5, 5.41) is 3.51. The molecule has 19 heavy (non-hydrogen) atoms. The molecule has 6 heteroatoms. The topological polar surface area (TPSA) is 68.3 Å². The number of nitrogens with one attached hydrogen (secondary N) is 1. The van der Waals surface area contributed by atoms with E-state index in [4.69, 9.17) is 4.74 Å². The van der Waals surface area contributed by atoms with Crippen molar-refractivity contribution in [2.24, 2.45) is 0 Å². The lowest BCUT2D eigenvalue weighted by molar-refractivity contribution is 0.0528. The molecular formula is C13H20N2O3S. The normalized spacial score (nSPS) is 11.2. The number of Topliss-reactive ketones (excluding diaryl/α,β-unsaturated/α-hetero) is 1. The number of ether oxygens (including phenoxy) is 1. The molecule has 0 bridgehead atoms. The fourth-order valence-corrected chi connectivity index (χ4v) is 2.45. The Morgan fingerprint density at radius 2 is 2.00 bits per heavy atom. The number of amides is 1. The van der Waals surface area contributed by atoms with Crippen LogP contribution in [-0.2, 0) is 11.2 Å². The van der Waals surface area contributed by atoms with Crippen LogP contribution < -0.4 is 5.32 Å². The minimum absolute atomic E-state index is 0.0277. The van der Waals surface area contributed by atoms with Crippen molar-refractivity contribution in [1.82, 2.24) is 10.3 Å². The summed E-state index contributed by atoms with van der Waals surface area (Å²) < 4.78 is 5.12. The highest BCUT2D eigenvalue weighted by Gasteiger charge is 2.16. The molecule has 1 aromatic heterocycles. The van der Waals surface area contributed by atoms with Gasteiger partial charge >= 0.3 is 6.09 Å². The van der Waals surface area contributed by atoms with Gasteiger partial charge in [-0.1, -0.05) is 0 Å². The van der Waals surface area contributed by atoms with Crippen LogP contribution in [0.25, 0.3) is 0 Å². The Hall–Kier alpha value is -1.43. The fourth-order valence-electron chi connectivity index (χ4n) is 1.47. The van der Waals surface area contributed by atoms with Gasteiger partial charge in [-0.2, -0.15) is 0 Å². The molecule has 0 aliphatic carbocycles. The Morgan fingerprint density at radius 1 is 1.37 bits per heavy atom. The molecule has 1 aromatic rings. The molecule has 0 unspecified atom stereocenters. The molecule has 1 amide bonds. The van der Waals surface area contributed by atoms with E-state index in [1.807, 2.05) is 27.7 Å². The van der Waals surface area contributed by atoms with Crippen LogP contribution in [0.3, 0.4) is 0 Å². The summed E-state index contributed by atoms with van der Waals surface area (Å²) in [7, 11) is 0. The molecule has 1 heterocycles. The molecule has 0 atom stereocenters. The van der Waals surface area contributed by atoms with Crippen LogP contribution in [0.2, 0.25) is 0 Å². The lowest BCUT2D eigenvalue weighted by Gasteiger charge is -2.19. The number of carbonyl (C=O) groups is 2. The van der Waals surface area contributed by atoms with Crippen molar-refractivity contribution in [3.05, 3.63) is 15.6 Å². The Morgan fingerprint density at radius 3 is 2.47 bits per heavy atom. The number of aromatic nitrogens is 1. The van der Waals surface area contributed by atoms with E-state index >= 15 is 0 Å². The average molecular weight is 284 g/mol. The summed E-state index contributed by atoms with van der Waals surface area (Å²) in [6, 6.07) is 0. The molecule has 106 valence electrons. The predicted octanol–water partition coefficient (Wildman–Crippen LogP) is 2.72. The molecule has 5 nitrogen and oxygen atoms in total. The first-order valence-corrected chi connectivity index (χ1v) is 6.95. The van der Waals surface area contributed by atoms with Crippen LogP contribution >= 0.6 is 11.3 Å². The van der Waals surface area contributed by atoms with Gasteiger partial charge in [-0.05, 0) is 27.7 Å². The van der Waals surface area contributed by atoms with E-state index in [1.165, 1.54) is 18.3 Å². The van der Waals surface area contributed by atoms with Crippen LogP contribution in [0.5, 0.6) is 0 Å². The summed E-state index contributed by atoms with van der Waals surface area (Å²) in [4.78, 5) is 27.9. The molecule has 1 N–H and O–H groups in total. The highest BCUT2D eigenvalue weighted by atomic mass is 32.1. The van der Waals surface area contributed by atoms with Gasteiger partial charge in [-0.3, -0.25) is 4.79 Å². The third kappa shape index (κ3) is 5.38. The molecule has 0 aromatic carbocycles. The first kappa shape index (κ1) is 15.6. The number of alkyl carbamates (subject to hydrolysis) is 1. The van der Waals surface area contributed by atoms with Gasteiger partial charge in [0, 0.05) is 24.8 Å². The molecule has 1 rings (SSSR count). The quantitative estimate of drug-likeness (QED) is 0.863. The van der Waals surface area contributed by atoms with Crippen molar-refractivity contribution in [2.75, 3.05) is 6.54 Å². The maximum Gasteiger partial charge on any atom is 0.407 e. The van der Waals surface area contributed by atoms with Gasteiger partial charge in [0.2, 0.25) is 0 Å². The minimum atomic E-state index is -0.496. The van der Waals surface area contributed by atoms with Crippen LogP contribution in [0.1, 0.15) is 48.1 Å². The summed E-state index contributed by atoms with van der Waals surface area (Å²) >= 11 is 1.48. The summed E-state index contributed by atoms with van der Waals surface area (Å²) in [5.74, 6) is -0.0277. The number of aryl methyl sites for hydroxylation is 1. The second-order valence-electron chi connectivity index (χ2n) is 5.25. The molecule has 0 aliphatic heterocycles. The van der Waals surface area contributed by atoms with Crippen molar-refractivity contribution < 1.29 is 14.3 Å². The van der Waals surface area contributed by atoms with Crippen molar-refractivity contribution in [3.63, 3.8) is 0 Å². The molecule has 0 spiro atoms. The van der Waals surface area contributed by atoms with Gasteiger partial charge in [-0.25, -0.2) is 9.78 Å². The molecule has 0 saturated carbocycles. The molecule has 0 radical (unpaired) electrons. The summed E-state index contributed by atoms with van der Waals surface area (Å²) in [5.41, 5.74) is 0.0289. The molecule has 0 saturated heterocycles. The van der Waals surface area contributed by atoms with E-state index in [0.29, 0.717) is 18.7 Å². The Kier molecular flexibility index (Phi) is 5.05. The van der Waals surface area contributed by atoms with E-state index in [2.05, 4.69) is 10.3 Å². The van der Waals surface area contributed by atoms with E-state index in [-0.39, 0.29) is 5.78 Å². The first-order chi connectivity index (χ1) is 8.69. The zero-order chi connectivity index (χ0) is 14.6. The number of nitrogens with zero attached hydrogens (tertiary/aromatic N) is 1. The lowest BCUT2D eigenvalue weighted by atomic mass is 10.2. The van der Waals surface area contributed by atoms with Crippen LogP contribution in [0, 0.1) is 6.92 Å². The van der Waals surface area contributed by atoms with Gasteiger partial charge < -0.3 is 10.1 Å². The number of ketones is 1. The monoisotopic (exact) mass is 284 g/mol. The smallest absolute Gasteiger partial charge is 0.407 e. The lowest BCUT2D eigenvalue weighted by Crippen LogP contribution is -2.33. The van der Waals surface area contributed by atoms with Gasteiger partial charge in [0.25, 0.3) is 0 Å². The second kappa shape index (κ2) is 6.14. The van der Waals surface area contributed by atoms with Gasteiger partial charge in [-0.15, -0.1) is 11.3 Å². The molecule has 0 fully saturated rings. The standard InChI is InChI=1S/C13H20N2O3S/c1-8(16)11-9(2)19-10(15-11)6-7-14-12(17)18-13(3,4)5/h6-7H2,1-5H3,(H,14,17). The number of rotatable bonds is 4. The van der Waals surface area contributed by atoms with Crippen LogP contribution in [0.15, 0.2) is 0 Å². The third-order valence-electron chi connectivity index (χ3n) is 2.18. The van der Waals surface area contributed by atoms with Crippen molar-refractivity contribution in [2.45, 2.75) is 46.6 Å². The van der Waals surface area contributed by atoms with Crippen molar-refractivity contribution >= 4 is 23.2 Å². The highest BCUT2D eigenvalue weighted by molar-refractivity contribution is 7.11. The summed E-state index contributed by atoms with van der Waals surface area (Å²) in [6.07, 6.45) is 0.158. The minimum Gasteiger partial charge on any atom is -0.444 e. The van der Waals surface area contributed by atoms with Gasteiger partial charge in [0.1, 0.15) is 11.3 Å². The number of carbonyl (C=O) groups excluding carboxylic acids is 2. The predicted molar refractivity (Wildman–Crippen MR) is 74.8 cm³/mol. The van der Waals surface area contributed by atoms with Crippen molar-refractivity contribution in [1.29, 1.82) is 0 Å².